The second kappa shape index (κ2) is 8.91. The first kappa shape index (κ1) is 21.2. The maximum absolute atomic E-state index is 12.7. The summed E-state index contributed by atoms with van der Waals surface area (Å²) >= 11 is 0. The molecule has 2 N–H and O–H groups in total. The predicted octanol–water partition coefficient (Wildman–Crippen LogP) is -0.619. The number of esters is 1. The summed E-state index contributed by atoms with van der Waals surface area (Å²) in [6, 6.07) is 5.93. The molecule has 0 saturated carbocycles. The number of carbonyl (C=O) groups is 2. The number of methoxy groups -OCH3 is 1. The van der Waals surface area contributed by atoms with Crippen LogP contribution in [0, 0.1) is 0 Å². The van der Waals surface area contributed by atoms with Gasteiger partial charge in [0.2, 0.25) is 10.0 Å². The number of β-amino-alcohol motifs (C(OH)–C–C–N with tert-alkyl or cyclic N) is 1. The Morgan fingerprint density at radius 3 is 2.48 bits per heavy atom. The summed E-state index contributed by atoms with van der Waals surface area (Å²) in [5.41, 5.74) is 0.645. The summed E-state index contributed by atoms with van der Waals surface area (Å²) < 4.78 is 36.7. The van der Waals surface area contributed by atoms with Crippen LogP contribution in [-0.4, -0.2) is 87.7 Å². The molecule has 1 saturated heterocycles. The van der Waals surface area contributed by atoms with Crippen LogP contribution >= 0.6 is 0 Å². The summed E-state index contributed by atoms with van der Waals surface area (Å²) in [5, 5.41) is 12.0. The number of nitrogens with zero attached hydrogens (tertiary/aromatic N) is 2. The quantitative estimate of drug-likeness (QED) is 0.554. The van der Waals surface area contributed by atoms with Crippen LogP contribution in [0.15, 0.2) is 40.4 Å². The lowest BCUT2D eigenvalue weighted by Gasteiger charge is -2.26. The lowest BCUT2D eigenvalue weighted by Crippen LogP contribution is -2.40. The second-order valence-electron chi connectivity index (χ2n) is 6.46. The van der Waals surface area contributed by atoms with Crippen molar-refractivity contribution >= 4 is 27.6 Å². The molecule has 1 aromatic rings. The van der Waals surface area contributed by atoms with E-state index in [9.17, 15) is 18.0 Å². The van der Waals surface area contributed by atoms with Gasteiger partial charge in [0, 0.05) is 25.3 Å². The van der Waals surface area contributed by atoms with E-state index in [2.05, 4.69) is 5.32 Å². The Morgan fingerprint density at radius 2 is 1.90 bits per heavy atom. The molecule has 0 atom stereocenters. The van der Waals surface area contributed by atoms with Crippen molar-refractivity contribution in [2.24, 2.45) is 0 Å². The maximum atomic E-state index is 12.7. The summed E-state index contributed by atoms with van der Waals surface area (Å²) in [5.74, 6) is -1.09. The maximum Gasteiger partial charge on any atom is 0.337 e. The van der Waals surface area contributed by atoms with E-state index in [0.717, 1.165) is 0 Å². The van der Waals surface area contributed by atoms with Crippen LogP contribution in [0.1, 0.15) is 0 Å². The molecule has 2 heterocycles. The van der Waals surface area contributed by atoms with E-state index in [1.807, 2.05) is 0 Å². The van der Waals surface area contributed by atoms with Gasteiger partial charge in [-0.15, -0.1) is 0 Å². The van der Waals surface area contributed by atoms with Gasteiger partial charge in [-0.05, 0) is 24.3 Å². The van der Waals surface area contributed by atoms with Crippen LogP contribution in [0.5, 0.6) is 0 Å². The molecular formula is C18H23N3O7S. The number of amides is 1. The average molecular weight is 425 g/mol. The van der Waals surface area contributed by atoms with E-state index in [-0.39, 0.29) is 35.9 Å². The molecule has 0 bridgehead atoms. The lowest BCUT2D eigenvalue weighted by molar-refractivity contribution is -0.136. The van der Waals surface area contributed by atoms with Crippen LogP contribution in [0.25, 0.3) is 0 Å². The number of rotatable bonds is 7. The Balaban J connectivity index is 1.80. The molecule has 3 rings (SSSR count). The van der Waals surface area contributed by atoms with Crippen molar-refractivity contribution in [3.8, 4) is 0 Å². The van der Waals surface area contributed by atoms with Gasteiger partial charge in [-0.2, -0.15) is 4.31 Å². The molecule has 1 amide bonds. The highest BCUT2D eigenvalue weighted by Crippen LogP contribution is 2.24. The molecule has 11 heteroatoms. The SMILES string of the molecule is COC(=O)C1=C(Nc2ccc(S(=O)(=O)N3CCOCC3)cc2)C(=O)N(CCO)C1. The monoisotopic (exact) mass is 425 g/mol. The Hall–Kier alpha value is -2.47. The summed E-state index contributed by atoms with van der Waals surface area (Å²) in [6.07, 6.45) is 0. The number of anilines is 1. The van der Waals surface area contributed by atoms with Gasteiger partial charge >= 0.3 is 5.97 Å². The summed E-state index contributed by atoms with van der Waals surface area (Å²) in [4.78, 5) is 26.0. The normalized spacial score (nSPS) is 18.3. The molecule has 2 aliphatic heterocycles. The Bertz CT molecular complexity index is 906. The number of sulfonamides is 1. The first-order chi connectivity index (χ1) is 13.9. The van der Waals surface area contributed by atoms with Crippen LogP contribution in [0.3, 0.4) is 0 Å². The molecule has 2 aliphatic rings. The highest BCUT2D eigenvalue weighted by molar-refractivity contribution is 7.89. The van der Waals surface area contributed by atoms with Gasteiger partial charge in [0.1, 0.15) is 5.70 Å². The topological polar surface area (TPSA) is 125 Å². The number of benzene rings is 1. The summed E-state index contributed by atoms with van der Waals surface area (Å²) in [7, 11) is -2.40. The molecule has 0 aromatic heterocycles. The van der Waals surface area contributed by atoms with E-state index in [1.165, 1.54) is 40.6 Å². The molecular weight excluding hydrogens is 402 g/mol. The fourth-order valence-corrected chi connectivity index (χ4v) is 4.55. The first-order valence-corrected chi connectivity index (χ1v) is 10.5. The van der Waals surface area contributed by atoms with Gasteiger partial charge in [0.15, 0.2) is 0 Å². The Morgan fingerprint density at radius 1 is 1.24 bits per heavy atom. The average Bonchev–Trinajstić information content (AvgIpc) is 3.04. The molecule has 29 heavy (non-hydrogen) atoms. The zero-order valence-electron chi connectivity index (χ0n) is 16.0. The molecule has 0 unspecified atom stereocenters. The van der Waals surface area contributed by atoms with Crippen molar-refractivity contribution in [2.75, 3.05) is 58.4 Å². The fourth-order valence-electron chi connectivity index (χ4n) is 3.14. The van der Waals surface area contributed by atoms with Gasteiger partial charge in [0.05, 0.1) is 43.9 Å². The van der Waals surface area contributed by atoms with E-state index in [0.29, 0.717) is 32.0 Å². The van der Waals surface area contributed by atoms with Crippen LogP contribution in [-0.2, 0) is 29.1 Å². The molecule has 1 aromatic carbocycles. The van der Waals surface area contributed by atoms with Crippen LogP contribution < -0.4 is 5.32 Å². The van der Waals surface area contributed by atoms with Crippen molar-refractivity contribution in [2.45, 2.75) is 4.90 Å². The Labute approximate surface area is 168 Å². The minimum absolute atomic E-state index is 0.0257. The number of morpholine rings is 1. The second-order valence-corrected chi connectivity index (χ2v) is 8.40. The molecule has 0 aliphatic carbocycles. The smallest absolute Gasteiger partial charge is 0.337 e. The molecule has 10 nitrogen and oxygen atoms in total. The third-order valence-corrected chi connectivity index (χ3v) is 6.60. The van der Waals surface area contributed by atoms with Crippen molar-refractivity contribution in [1.29, 1.82) is 0 Å². The highest BCUT2D eigenvalue weighted by atomic mass is 32.2. The molecule has 1 fully saturated rings. The van der Waals surface area contributed by atoms with Crippen molar-refractivity contribution in [3.63, 3.8) is 0 Å². The number of hydrogen-bond acceptors (Lipinski definition) is 8. The van der Waals surface area contributed by atoms with Gasteiger partial charge < -0.3 is 24.8 Å². The molecule has 0 spiro atoms. The first-order valence-electron chi connectivity index (χ1n) is 9.05. The number of carbonyl (C=O) groups excluding carboxylic acids is 2. The molecule has 0 radical (unpaired) electrons. The third-order valence-electron chi connectivity index (χ3n) is 4.69. The van der Waals surface area contributed by atoms with E-state index in [4.69, 9.17) is 14.6 Å². The van der Waals surface area contributed by atoms with Crippen LogP contribution in [0.4, 0.5) is 5.69 Å². The predicted molar refractivity (Wildman–Crippen MR) is 102 cm³/mol. The minimum atomic E-state index is -3.62. The summed E-state index contributed by atoms with van der Waals surface area (Å²) in [6.45, 7) is 1.19. The van der Waals surface area contributed by atoms with E-state index in [1.54, 1.807) is 0 Å². The number of hydrogen-bond donors (Lipinski definition) is 2. The minimum Gasteiger partial charge on any atom is -0.466 e. The fraction of sp³-hybridized carbons (Fsp3) is 0.444. The largest absolute Gasteiger partial charge is 0.466 e. The zero-order chi connectivity index (χ0) is 21.0. The molecule has 158 valence electrons. The highest BCUT2D eigenvalue weighted by Gasteiger charge is 2.34. The van der Waals surface area contributed by atoms with Crippen molar-refractivity contribution in [1.82, 2.24) is 9.21 Å². The van der Waals surface area contributed by atoms with Gasteiger partial charge in [-0.1, -0.05) is 0 Å². The van der Waals surface area contributed by atoms with E-state index < -0.39 is 21.9 Å². The number of ether oxygens (including phenoxy) is 2. The zero-order valence-corrected chi connectivity index (χ0v) is 16.8. The van der Waals surface area contributed by atoms with Gasteiger partial charge in [-0.25, -0.2) is 13.2 Å². The van der Waals surface area contributed by atoms with Crippen molar-refractivity contribution in [3.05, 3.63) is 35.5 Å². The van der Waals surface area contributed by atoms with Gasteiger partial charge in [-0.3, -0.25) is 4.79 Å². The van der Waals surface area contributed by atoms with E-state index >= 15 is 0 Å². The van der Waals surface area contributed by atoms with Gasteiger partial charge in [0.25, 0.3) is 5.91 Å². The third kappa shape index (κ3) is 4.42. The van der Waals surface area contributed by atoms with Crippen molar-refractivity contribution < 1.29 is 32.6 Å². The standard InChI is InChI=1S/C18H23N3O7S/c1-27-18(24)15-12-20(6-9-22)17(23)16(15)19-13-2-4-14(5-3-13)29(25,26)21-7-10-28-11-8-21/h2-5,19,22H,6-12H2,1H3. The number of aliphatic hydroxyl groups is 1. The number of nitrogens with one attached hydrogen (secondary N) is 1. The lowest BCUT2D eigenvalue weighted by atomic mass is 10.2. The Kier molecular flexibility index (Phi) is 6.52. The number of aliphatic hydroxyl groups excluding tert-OH is 1. The van der Waals surface area contributed by atoms with Crippen LogP contribution in [0.2, 0.25) is 0 Å².